The van der Waals surface area contributed by atoms with E-state index < -0.39 is 5.37 Å². The molecule has 0 fully saturated rings. The highest BCUT2D eigenvalue weighted by molar-refractivity contribution is 8.14. The van der Waals surface area contributed by atoms with Gasteiger partial charge in [0.05, 0.1) is 0 Å². The maximum absolute atomic E-state index is 12.1. The highest BCUT2D eigenvalue weighted by Crippen LogP contribution is 2.42. The lowest BCUT2D eigenvalue weighted by atomic mass is 9.87. The van der Waals surface area contributed by atoms with E-state index >= 15 is 0 Å². The third kappa shape index (κ3) is 6.03. The Kier molecular flexibility index (Phi) is 7.45. The van der Waals surface area contributed by atoms with E-state index in [1.165, 1.54) is 36.2 Å². The first-order valence-corrected chi connectivity index (χ1v) is 11.3. The van der Waals surface area contributed by atoms with E-state index in [4.69, 9.17) is 9.47 Å². The normalized spacial score (nSPS) is 15.8. The molecule has 0 radical (unpaired) electrons. The topological polar surface area (TPSA) is 80.2 Å². The molecule has 1 atom stereocenters. The zero-order valence-corrected chi connectivity index (χ0v) is 19.9. The number of amides is 2. The molecule has 3 rings (SSSR count). The lowest BCUT2D eigenvalue weighted by Crippen LogP contribution is -2.25. The van der Waals surface area contributed by atoms with Gasteiger partial charge in [-0.3, -0.25) is 9.59 Å². The quantitative estimate of drug-likeness (QED) is 0.651. The molecule has 2 aromatic rings. The molecule has 32 heavy (non-hydrogen) atoms. The Morgan fingerprint density at radius 1 is 1.03 bits per heavy atom. The van der Waals surface area contributed by atoms with E-state index in [-0.39, 0.29) is 17.2 Å². The fraction of sp³-hybridized carbons (Fsp3) is 0.375. The zero-order chi connectivity index (χ0) is 23.3. The molecule has 1 unspecified atom stereocenters. The average molecular weight is 456 g/mol. The monoisotopic (exact) mass is 455 g/mol. The Balaban J connectivity index is 1.62. The van der Waals surface area contributed by atoms with Crippen LogP contribution in [0.5, 0.6) is 11.5 Å². The van der Waals surface area contributed by atoms with Gasteiger partial charge in [-0.1, -0.05) is 62.9 Å². The third-order valence-electron chi connectivity index (χ3n) is 4.76. The molecule has 8 heteroatoms. The number of carbonyl (C=O) groups excluding carboxylic acids is 2. The fourth-order valence-electron chi connectivity index (χ4n) is 3.14. The van der Waals surface area contributed by atoms with Crippen LogP contribution in [-0.4, -0.2) is 35.2 Å². The van der Waals surface area contributed by atoms with Gasteiger partial charge in [0.15, 0.2) is 5.17 Å². The summed E-state index contributed by atoms with van der Waals surface area (Å²) in [5.41, 5.74) is 2.15. The van der Waals surface area contributed by atoms with Gasteiger partial charge in [-0.25, -0.2) is 5.01 Å². The molecule has 0 aliphatic carbocycles. The van der Waals surface area contributed by atoms with E-state index in [1.807, 2.05) is 36.4 Å². The number of nitrogens with one attached hydrogen (secondary N) is 1. The summed E-state index contributed by atoms with van der Waals surface area (Å²) in [7, 11) is 0. The van der Waals surface area contributed by atoms with Crippen molar-refractivity contribution in [3.63, 3.8) is 0 Å². The minimum absolute atomic E-state index is 0.0981. The van der Waals surface area contributed by atoms with Crippen LogP contribution in [0.2, 0.25) is 0 Å². The standard InChI is InChI=1S/C24H29N3O4S/c1-16(28)25-23-26-27(17(2)29)22(32-23)20-8-6-7-9-21(20)31-15-14-30-19-12-10-18(11-13-19)24(3,4)5/h6-13,22H,14-15H2,1-5H3,(H,25,26,28). The number of amidine groups is 1. The van der Waals surface area contributed by atoms with Gasteiger partial charge in [0.1, 0.15) is 30.1 Å². The van der Waals surface area contributed by atoms with Crippen LogP contribution in [0.25, 0.3) is 0 Å². The van der Waals surface area contributed by atoms with Crippen LogP contribution in [0.1, 0.15) is 51.1 Å². The Hall–Kier alpha value is -3.00. The molecular weight excluding hydrogens is 426 g/mol. The first-order valence-electron chi connectivity index (χ1n) is 10.4. The Morgan fingerprint density at radius 2 is 1.69 bits per heavy atom. The summed E-state index contributed by atoms with van der Waals surface area (Å²) in [5.74, 6) is 0.969. The molecule has 2 aromatic carbocycles. The zero-order valence-electron chi connectivity index (χ0n) is 19.0. The Morgan fingerprint density at radius 3 is 2.31 bits per heavy atom. The lowest BCUT2D eigenvalue weighted by molar-refractivity contribution is -0.129. The van der Waals surface area contributed by atoms with Crippen molar-refractivity contribution in [3.05, 3.63) is 59.7 Å². The smallest absolute Gasteiger partial charge is 0.241 e. The molecule has 170 valence electrons. The van der Waals surface area contributed by atoms with Crippen LogP contribution >= 0.6 is 11.8 Å². The molecule has 1 heterocycles. The van der Waals surface area contributed by atoms with Crippen molar-refractivity contribution in [1.82, 2.24) is 10.3 Å². The van der Waals surface area contributed by atoms with E-state index in [1.54, 1.807) is 0 Å². The number of rotatable bonds is 6. The minimum atomic E-state index is -0.420. The van der Waals surface area contributed by atoms with Crippen molar-refractivity contribution in [2.45, 2.75) is 45.4 Å². The molecule has 1 aliphatic rings. The SMILES string of the molecule is CC(=O)NC1=NN(C(C)=O)C(c2ccccc2OCCOc2ccc(C(C)(C)C)cc2)S1. The first-order chi connectivity index (χ1) is 15.1. The van der Waals surface area contributed by atoms with Gasteiger partial charge in [0.25, 0.3) is 0 Å². The second-order valence-corrected chi connectivity index (χ2v) is 9.50. The third-order valence-corrected chi connectivity index (χ3v) is 5.85. The summed E-state index contributed by atoms with van der Waals surface area (Å²) in [6.45, 7) is 10.1. The van der Waals surface area contributed by atoms with Gasteiger partial charge >= 0.3 is 0 Å². The number of thioether (sulfide) groups is 1. The highest BCUT2D eigenvalue weighted by atomic mass is 32.2. The van der Waals surface area contributed by atoms with Crippen molar-refractivity contribution < 1.29 is 19.1 Å². The van der Waals surface area contributed by atoms with Crippen molar-refractivity contribution in [3.8, 4) is 11.5 Å². The van der Waals surface area contributed by atoms with Crippen LogP contribution in [-0.2, 0) is 15.0 Å². The molecule has 0 saturated carbocycles. The number of hydrogen-bond acceptors (Lipinski definition) is 6. The van der Waals surface area contributed by atoms with Crippen LogP contribution in [0, 0.1) is 0 Å². The largest absolute Gasteiger partial charge is 0.490 e. The Labute approximate surface area is 193 Å². The summed E-state index contributed by atoms with van der Waals surface area (Å²) >= 11 is 1.29. The van der Waals surface area contributed by atoms with E-state index in [0.29, 0.717) is 24.1 Å². The highest BCUT2D eigenvalue weighted by Gasteiger charge is 2.34. The second-order valence-electron chi connectivity index (χ2n) is 8.43. The van der Waals surface area contributed by atoms with Crippen molar-refractivity contribution >= 4 is 28.7 Å². The molecule has 2 amide bonds. The first kappa shape index (κ1) is 23.7. The van der Waals surface area contributed by atoms with Crippen LogP contribution in [0.3, 0.4) is 0 Å². The van der Waals surface area contributed by atoms with Gasteiger partial charge in [0, 0.05) is 19.4 Å². The van der Waals surface area contributed by atoms with E-state index in [9.17, 15) is 9.59 Å². The molecule has 0 bridgehead atoms. The van der Waals surface area contributed by atoms with Crippen LogP contribution in [0.4, 0.5) is 0 Å². The summed E-state index contributed by atoms with van der Waals surface area (Å²) in [5, 5.41) is 8.20. The fourth-order valence-corrected chi connectivity index (χ4v) is 4.31. The number of nitrogens with zero attached hydrogens (tertiary/aromatic N) is 2. The summed E-state index contributed by atoms with van der Waals surface area (Å²) in [6.07, 6.45) is 0. The van der Waals surface area contributed by atoms with E-state index in [0.717, 1.165) is 11.3 Å². The van der Waals surface area contributed by atoms with Gasteiger partial charge in [0.2, 0.25) is 11.8 Å². The number of ether oxygens (including phenoxy) is 2. The molecule has 0 spiro atoms. The molecule has 7 nitrogen and oxygen atoms in total. The van der Waals surface area contributed by atoms with Crippen molar-refractivity contribution in [2.75, 3.05) is 13.2 Å². The number of hydrogen-bond donors (Lipinski definition) is 1. The van der Waals surface area contributed by atoms with Crippen molar-refractivity contribution in [2.24, 2.45) is 5.10 Å². The summed E-state index contributed by atoms with van der Waals surface area (Å²) in [4.78, 5) is 23.5. The van der Waals surface area contributed by atoms with Gasteiger partial charge in [-0.15, -0.1) is 5.10 Å². The average Bonchev–Trinajstić information content (AvgIpc) is 3.14. The predicted molar refractivity (Wildman–Crippen MR) is 127 cm³/mol. The minimum Gasteiger partial charge on any atom is -0.490 e. The number of carbonyl (C=O) groups is 2. The number of para-hydroxylation sites is 1. The summed E-state index contributed by atoms with van der Waals surface area (Å²) in [6, 6.07) is 15.6. The molecule has 1 N–H and O–H groups in total. The second kappa shape index (κ2) is 10.1. The number of hydrazone groups is 1. The van der Waals surface area contributed by atoms with Crippen molar-refractivity contribution in [1.29, 1.82) is 0 Å². The predicted octanol–water partition coefficient (Wildman–Crippen LogP) is 4.44. The molecule has 1 aliphatic heterocycles. The van der Waals surface area contributed by atoms with E-state index in [2.05, 4.69) is 43.3 Å². The van der Waals surface area contributed by atoms with Crippen LogP contribution in [0.15, 0.2) is 53.6 Å². The molecular formula is C24H29N3O4S. The number of benzene rings is 2. The Bertz CT molecular complexity index is 999. The van der Waals surface area contributed by atoms with Gasteiger partial charge in [-0.2, -0.15) is 0 Å². The lowest BCUT2D eigenvalue weighted by Gasteiger charge is -2.22. The maximum atomic E-state index is 12.1. The van der Waals surface area contributed by atoms with Gasteiger partial charge < -0.3 is 14.8 Å². The van der Waals surface area contributed by atoms with Crippen LogP contribution < -0.4 is 14.8 Å². The molecule has 0 aromatic heterocycles. The molecule has 0 saturated heterocycles. The summed E-state index contributed by atoms with van der Waals surface area (Å²) < 4.78 is 11.8. The van der Waals surface area contributed by atoms with Gasteiger partial charge in [-0.05, 0) is 29.2 Å². The maximum Gasteiger partial charge on any atom is 0.241 e.